The van der Waals surface area contributed by atoms with Crippen molar-refractivity contribution in [3.05, 3.63) is 51.3 Å². The molecule has 2 rings (SSSR count). The SMILES string of the molecule is CCc1c(C)cc(C(=O)NCc2ccon2)c(=O)n1C. The Labute approximate surface area is 116 Å². The second kappa shape index (κ2) is 5.73. The van der Waals surface area contributed by atoms with Crippen molar-refractivity contribution in [2.75, 3.05) is 0 Å². The molecule has 0 aliphatic carbocycles. The molecule has 2 aromatic rings. The van der Waals surface area contributed by atoms with Crippen LogP contribution in [0.25, 0.3) is 0 Å². The van der Waals surface area contributed by atoms with E-state index in [-0.39, 0.29) is 17.7 Å². The van der Waals surface area contributed by atoms with E-state index in [1.165, 1.54) is 10.8 Å². The van der Waals surface area contributed by atoms with Gasteiger partial charge in [-0.05, 0) is 25.0 Å². The Morgan fingerprint density at radius 3 is 2.85 bits per heavy atom. The first-order chi connectivity index (χ1) is 9.54. The van der Waals surface area contributed by atoms with Crippen molar-refractivity contribution in [2.24, 2.45) is 7.05 Å². The van der Waals surface area contributed by atoms with Crippen LogP contribution in [0, 0.1) is 6.92 Å². The van der Waals surface area contributed by atoms with Crippen LogP contribution in [0.5, 0.6) is 0 Å². The Hall–Kier alpha value is -2.37. The third kappa shape index (κ3) is 2.64. The van der Waals surface area contributed by atoms with Gasteiger partial charge >= 0.3 is 0 Å². The van der Waals surface area contributed by atoms with Crippen LogP contribution in [0.15, 0.2) is 27.7 Å². The summed E-state index contributed by atoms with van der Waals surface area (Å²) in [5, 5.41) is 6.35. The van der Waals surface area contributed by atoms with Crippen molar-refractivity contribution in [3.63, 3.8) is 0 Å². The summed E-state index contributed by atoms with van der Waals surface area (Å²) in [4.78, 5) is 24.3. The lowest BCUT2D eigenvalue weighted by Crippen LogP contribution is -2.33. The van der Waals surface area contributed by atoms with E-state index in [1.54, 1.807) is 19.2 Å². The molecule has 0 saturated carbocycles. The lowest BCUT2D eigenvalue weighted by Gasteiger charge is -2.12. The van der Waals surface area contributed by atoms with Crippen molar-refractivity contribution in [3.8, 4) is 0 Å². The molecule has 0 spiro atoms. The van der Waals surface area contributed by atoms with E-state index in [2.05, 4.69) is 15.0 Å². The third-order valence-corrected chi connectivity index (χ3v) is 3.26. The number of carbonyl (C=O) groups excluding carboxylic acids is 1. The molecule has 0 aromatic carbocycles. The first-order valence-electron chi connectivity index (χ1n) is 6.41. The van der Waals surface area contributed by atoms with Gasteiger partial charge in [-0.3, -0.25) is 9.59 Å². The molecule has 0 aliphatic rings. The van der Waals surface area contributed by atoms with Crippen molar-refractivity contribution in [1.82, 2.24) is 15.0 Å². The van der Waals surface area contributed by atoms with E-state index < -0.39 is 5.91 Å². The van der Waals surface area contributed by atoms with Gasteiger partial charge in [0.05, 0.1) is 6.54 Å². The second-order valence-electron chi connectivity index (χ2n) is 4.58. The molecule has 106 valence electrons. The number of rotatable bonds is 4. The topological polar surface area (TPSA) is 77.1 Å². The number of amides is 1. The van der Waals surface area contributed by atoms with Crippen LogP contribution in [0.2, 0.25) is 0 Å². The van der Waals surface area contributed by atoms with Gasteiger partial charge in [-0.2, -0.15) is 0 Å². The lowest BCUT2D eigenvalue weighted by atomic mass is 10.1. The first kappa shape index (κ1) is 14.0. The summed E-state index contributed by atoms with van der Waals surface area (Å²) in [5.74, 6) is -0.403. The van der Waals surface area contributed by atoms with E-state index in [0.717, 1.165) is 17.7 Å². The quantitative estimate of drug-likeness (QED) is 0.908. The minimum absolute atomic E-state index is 0.144. The highest BCUT2D eigenvalue weighted by atomic mass is 16.5. The number of hydrogen-bond donors (Lipinski definition) is 1. The van der Waals surface area contributed by atoms with Crippen LogP contribution in [0.4, 0.5) is 0 Å². The van der Waals surface area contributed by atoms with Gasteiger partial charge in [-0.15, -0.1) is 0 Å². The second-order valence-corrected chi connectivity index (χ2v) is 4.58. The summed E-state index contributed by atoms with van der Waals surface area (Å²) in [5.41, 5.74) is 2.33. The Morgan fingerprint density at radius 1 is 1.50 bits per heavy atom. The van der Waals surface area contributed by atoms with Gasteiger partial charge in [0.15, 0.2) is 0 Å². The van der Waals surface area contributed by atoms with E-state index in [4.69, 9.17) is 0 Å². The third-order valence-electron chi connectivity index (χ3n) is 3.26. The predicted octanol–water partition coefficient (Wildman–Crippen LogP) is 1.17. The summed E-state index contributed by atoms with van der Waals surface area (Å²) in [6.45, 7) is 4.10. The maximum Gasteiger partial charge on any atom is 0.263 e. The zero-order chi connectivity index (χ0) is 14.7. The van der Waals surface area contributed by atoms with Gasteiger partial charge in [0.1, 0.15) is 17.5 Å². The number of nitrogens with one attached hydrogen (secondary N) is 1. The van der Waals surface area contributed by atoms with Crippen LogP contribution in [0.3, 0.4) is 0 Å². The largest absolute Gasteiger partial charge is 0.364 e. The molecule has 0 bridgehead atoms. The highest BCUT2D eigenvalue weighted by Gasteiger charge is 2.15. The van der Waals surface area contributed by atoms with Gasteiger partial charge in [0.25, 0.3) is 11.5 Å². The molecule has 2 heterocycles. The van der Waals surface area contributed by atoms with Gasteiger partial charge in [-0.25, -0.2) is 0 Å². The van der Waals surface area contributed by atoms with Crippen LogP contribution < -0.4 is 10.9 Å². The molecular weight excluding hydrogens is 258 g/mol. The zero-order valence-corrected chi connectivity index (χ0v) is 11.8. The minimum Gasteiger partial charge on any atom is -0.364 e. The molecule has 0 radical (unpaired) electrons. The Kier molecular flexibility index (Phi) is 4.02. The highest BCUT2D eigenvalue weighted by Crippen LogP contribution is 2.07. The maximum absolute atomic E-state index is 12.2. The number of carbonyl (C=O) groups is 1. The van der Waals surface area contributed by atoms with E-state index in [0.29, 0.717) is 5.69 Å². The molecule has 0 atom stereocenters. The number of aromatic nitrogens is 2. The van der Waals surface area contributed by atoms with Crippen LogP contribution in [0.1, 0.15) is 34.2 Å². The molecule has 0 saturated heterocycles. The molecule has 1 N–H and O–H groups in total. The van der Waals surface area contributed by atoms with Crippen molar-refractivity contribution in [1.29, 1.82) is 0 Å². The summed E-state index contributed by atoms with van der Waals surface area (Å²) in [6, 6.07) is 3.29. The highest BCUT2D eigenvalue weighted by molar-refractivity contribution is 5.94. The predicted molar refractivity (Wildman–Crippen MR) is 73.5 cm³/mol. The molecule has 0 aliphatic heterocycles. The average Bonchev–Trinajstić information content (AvgIpc) is 2.94. The molecule has 1 amide bonds. The molecule has 20 heavy (non-hydrogen) atoms. The van der Waals surface area contributed by atoms with Crippen molar-refractivity contribution in [2.45, 2.75) is 26.8 Å². The maximum atomic E-state index is 12.2. The smallest absolute Gasteiger partial charge is 0.263 e. The average molecular weight is 275 g/mol. The van der Waals surface area contributed by atoms with Gasteiger partial charge < -0.3 is 14.4 Å². The van der Waals surface area contributed by atoms with E-state index in [9.17, 15) is 9.59 Å². The van der Waals surface area contributed by atoms with Crippen LogP contribution in [-0.4, -0.2) is 15.6 Å². The summed E-state index contributed by atoms with van der Waals surface area (Å²) < 4.78 is 6.21. The summed E-state index contributed by atoms with van der Waals surface area (Å²) >= 11 is 0. The van der Waals surface area contributed by atoms with E-state index >= 15 is 0 Å². The fourth-order valence-electron chi connectivity index (χ4n) is 2.20. The number of pyridine rings is 1. The minimum atomic E-state index is -0.403. The first-order valence-corrected chi connectivity index (χ1v) is 6.41. The van der Waals surface area contributed by atoms with Crippen LogP contribution >= 0.6 is 0 Å². The number of nitrogens with zero attached hydrogens (tertiary/aromatic N) is 2. The lowest BCUT2D eigenvalue weighted by molar-refractivity contribution is 0.0948. The molecule has 6 heteroatoms. The zero-order valence-electron chi connectivity index (χ0n) is 11.8. The summed E-state index contributed by atoms with van der Waals surface area (Å²) in [7, 11) is 1.68. The molecular formula is C14H17N3O3. The normalized spacial score (nSPS) is 10.6. The Balaban J connectivity index is 2.24. The molecule has 0 fully saturated rings. The Bertz CT molecular complexity index is 672. The monoisotopic (exact) mass is 275 g/mol. The standard InChI is InChI=1S/C14H17N3O3/c1-4-12-9(2)7-11(14(19)17(12)3)13(18)15-8-10-5-6-20-16-10/h5-7H,4,8H2,1-3H3,(H,15,18). The fraction of sp³-hybridized carbons (Fsp3) is 0.357. The number of aryl methyl sites for hydroxylation is 1. The fourth-order valence-corrected chi connectivity index (χ4v) is 2.20. The molecule has 2 aromatic heterocycles. The summed E-state index contributed by atoms with van der Waals surface area (Å²) in [6.07, 6.45) is 2.18. The molecule has 6 nitrogen and oxygen atoms in total. The Morgan fingerprint density at radius 2 is 2.25 bits per heavy atom. The number of hydrogen-bond acceptors (Lipinski definition) is 4. The van der Waals surface area contributed by atoms with E-state index in [1.807, 2.05) is 13.8 Å². The van der Waals surface area contributed by atoms with Crippen LogP contribution in [-0.2, 0) is 20.0 Å². The van der Waals surface area contributed by atoms with Gasteiger partial charge in [0.2, 0.25) is 0 Å². The van der Waals surface area contributed by atoms with Gasteiger partial charge in [0, 0.05) is 18.8 Å². The van der Waals surface area contributed by atoms with Gasteiger partial charge in [-0.1, -0.05) is 12.1 Å². The van der Waals surface area contributed by atoms with Crippen molar-refractivity contribution >= 4 is 5.91 Å². The van der Waals surface area contributed by atoms with Crippen molar-refractivity contribution < 1.29 is 9.32 Å². The molecule has 0 unspecified atom stereocenters.